The minimum atomic E-state index is 0.00247. The van der Waals surface area contributed by atoms with Crippen LogP contribution in [0, 0.1) is 5.92 Å². The van der Waals surface area contributed by atoms with Crippen molar-refractivity contribution in [2.45, 2.75) is 19.4 Å². The smallest absolute Gasteiger partial charge is 0.224 e. The van der Waals surface area contributed by atoms with Gasteiger partial charge in [-0.15, -0.1) is 0 Å². The van der Waals surface area contributed by atoms with E-state index in [4.69, 9.17) is 21.8 Å². The number of halogens is 1. The summed E-state index contributed by atoms with van der Waals surface area (Å²) < 4.78 is 5.86. The lowest BCUT2D eigenvalue weighted by atomic mass is 9.97. The first kappa shape index (κ1) is 17.9. The summed E-state index contributed by atoms with van der Waals surface area (Å²) in [5.41, 5.74) is 6.35. The summed E-state index contributed by atoms with van der Waals surface area (Å²) >= 11 is 6.02. The van der Waals surface area contributed by atoms with Gasteiger partial charge in [0.2, 0.25) is 11.8 Å². The monoisotopic (exact) mass is 362 g/mol. The number of benzene rings is 1. The van der Waals surface area contributed by atoms with Crippen LogP contribution in [0.5, 0.6) is 0 Å². The first-order valence-corrected chi connectivity index (χ1v) is 8.94. The molecule has 0 aliphatic carbocycles. The largest absolute Gasteiger partial charge is 0.439 e. The van der Waals surface area contributed by atoms with Gasteiger partial charge >= 0.3 is 0 Å². The number of hydrogen-bond donors (Lipinski definition) is 2. The summed E-state index contributed by atoms with van der Waals surface area (Å²) in [5, 5.41) is 3.54. The molecule has 6 nitrogen and oxygen atoms in total. The number of amides is 1. The second kappa shape index (κ2) is 8.47. The number of hydrogen-bond acceptors (Lipinski definition) is 5. The second-order valence-corrected chi connectivity index (χ2v) is 6.72. The van der Waals surface area contributed by atoms with Crippen molar-refractivity contribution in [1.29, 1.82) is 0 Å². The Kier molecular flexibility index (Phi) is 6.07. The van der Waals surface area contributed by atoms with E-state index in [1.54, 1.807) is 6.20 Å². The molecule has 7 heteroatoms. The molecule has 1 amide bonds. The molecule has 3 rings (SSSR count). The standard InChI is InChI=1S/C18H23ClN4O2/c19-15-5-1-3-13(9-15)16-10-22-17(25-16)12-23-8-2-4-14(11-23)18(24)21-7-6-20/h1,3,5,9-10,14H,2,4,6-8,11-12,20H2,(H,21,24). The number of nitrogens with two attached hydrogens (primary N) is 1. The SMILES string of the molecule is NCCNC(=O)C1CCCN(Cc2ncc(-c3cccc(Cl)c3)o2)C1. The van der Waals surface area contributed by atoms with Crippen LogP contribution < -0.4 is 11.1 Å². The molecule has 2 aromatic rings. The maximum absolute atomic E-state index is 12.1. The normalized spacial score (nSPS) is 18.2. The number of aromatic nitrogens is 1. The van der Waals surface area contributed by atoms with E-state index in [1.165, 1.54) is 0 Å². The van der Waals surface area contributed by atoms with Crippen molar-refractivity contribution >= 4 is 17.5 Å². The zero-order chi connectivity index (χ0) is 17.6. The first-order chi connectivity index (χ1) is 12.2. The van der Waals surface area contributed by atoms with E-state index in [1.807, 2.05) is 24.3 Å². The van der Waals surface area contributed by atoms with Gasteiger partial charge in [-0.2, -0.15) is 0 Å². The van der Waals surface area contributed by atoms with Gasteiger partial charge < -0.3 is 15.5 Å². The number of likely N-dealkylation sites (tertiary alicyclic amines) is 1. The van der Waals surface area contributed by atoms with Gasteiger partial charge in [-0.3, -0.25) is 9.69 Å². The average Bonchev–Trinajstić information content (AvgIpc) is 3.08. The Hall–Kier alpha value is -1.89. The summed E-state index contributed by atoms with van der Waals surface area (Å²) in [6, 6.07) is 7.50. The van der Waals surface area contributed by atoms with Crippen LogP contribution in [0.3, 0.4) is 0 Å². The van der Waals surface area contributed by atoms with Crippen molar-refractivity contribution in [2.75, 3.05) is 26.2 Å². The third kappa shape index (κ3) is 4.81. The molecule has 0 bridgehead atoms. The maximum atomic E-state index is 12.1. The van der Waals surface area contributed by atoms with Gasteiger partial charge in [-0.05, 0) is 31.5 Å². The fraction of sp³-hybridized carbons (Fsp3) is 0.444. The quantitative estimate of drug-likeness (QED) is 0.823. The maximum Gasteiger partial charge on any atom is 0.224 e. The van der Waals surface area contributed by atoms with Crippen LogP contribution >= 0.6 is 11.6 Å². The number of rotatable bonds is 6. The molecule has 1 atom stereocenters. The molecule has 134 valence electrons. The van der Waals surface area contributed by atoms with Crippen molar-refractivity contribution < 1.29 is 9.21 Å². The van der Waals surface area contributed by atoms with Gasteiger partial charge in [0, 0.05) is 30.2 Å². The van der Waals surface area contributed by atoms with Crippen LogP contribution in [0.1, 0.15) is 18.7 Å². The molecule has 1 fully saturated rings. The summed E-state index contributed by atoms with van der Waals surface area (Å²) in [5.74, 6) is 1.44. The molecule has 1 saturated heterocycles. The van der Waals surface area contributed by atoms with E-state index in [0.717, 1.165) is 24.9 Å². The third-order valence-corrected chi connectivity index (χ3v) is 4.58. The third-order valence-electron chi connectivity index (χ3n) is 4.34. The van der Waals surface area contributed by atoms with E-state index in [0.29, 0.717) is 42.9 Å². The van der Waals surface area contributed by atoms with E-state index >= 15 is 0 Å². The summed E-state index contributed by atoms with van der Waals surface area (Å²) in [6.45, 7) is 3.24. The highest BCUT2D eigenvalue weighted by molar-refractivity contribution is 6.30. The molecule has 0 radical (unpaired) electrons. The number of piperidine rings is 1. The van der Waals surface area contributed by atoms with E-state index in [9.17, 15) is 4.79 Å². The second-order valence-electron chi connectivity index (χ2n) is 6.28. The van der Waals surface area contributed by atoms with E-state index < -0.39 is 0 Å². The summed E-state index contributed by atoms with van der Waals surface area (Å²) in [4.78, 5) is 18.7. The molecule has 25 heavy (non-hydrogen) atoms. The minimum Gasteiger partial charge on any atom is -0.439 e. The Balaban J connectivity index is 1.60. The van der Waals surface area contributed by atoms with E-state index in [2.05, 4.69) is 15.2 Å². The highest BCUT2D eigenvalue weighted by atomic mass is 35.5. The van der Waals surface area contributed by atoms with Crippen LogP contribution in [0.2, 0.25) is 5.02 Å². The Morgan fingerprint density at radius 2 is 2.36 bits per heavy atom. The molecule has 2 heterocycles. The van der Waals surface area contributed by atoms with E-state index in [-0.39, 0.29) is 11.8 Å². The lowest BCUT2D eigenvalue weighted by Crippen LogP contribution is -2.43. The zero-order valence-electron chi connectivity index (χ0n) is 14.1. The summed E-state index contributed by atoms with van der Waals surface area (Å²) in [7, 11) is 0. The lowest BCUT2D eigenvalue weighted by Gasteiger charge is -2.31. The zero-order valence-corrected chi connectivity index (χ0v) is 14.8. The Morgan fingerprint density at radius 1 is 1.48 bits per heavy atom. The lowest BCUT2D eigenvalue weighted by molar-refractivity contribution is -0.126. The predicted octanol–water partition coefficient (Wildman–Crippen LogP) is 2.28. The van der Waals surface area contributed by atoms with Gasteiger partial charge in [0.15, 0.2) is 5.76 Å². The van der Waals surface area contributed by atoms with Crippen LogP contribution in [0.4, 0.5) is 0 Å². The van der Waals surface area contributed by atoms with Crippen molar-refractivity contribution in [1.82, 2.24) is 15.2 Å². The van der Waals surface area contributed by atoms with Crippen molar-refractivity contribution in [2.24, 2.45) is 11.7 Å². The molecule has 1 aliphatic rings. The first-order valence-electron chi connectivity index (χ1n) is 8.56. The van der Waals surface area contributed by atoms with Crippen LogP contribution in [-0.2, 0) is 11.3 Å². The molecular weight excluding hydrogens is 340 g/mol. The van der Waals surface area contributed by atoms with Gasteiger partial charge in [0.1, 0.15) is 0 Å². The number of nitrogens with one attached hydrogen (secondary N) is 1. The van der Waals surface area contributed by atoms with Crippen molar-refractivity contribution in [3.05, 3.63) is 41.4 Å². The Morgan fingerprint density at radius 3 is 3.16 bits per heavy atom. The molecule has 0 saturated carbocycles. The average molecular weight is 363 g/mol. The molecule has 1 aromatic heterocycles. The molecule has 1 aliphatic heterocycles. The fourth-order valence-electron chi connectivity index (χ4n) is 3.10. The molecule has 3 N–H and O–H groups in total. The highest BCUT2D eigenvalue weighted by Crippen LogP contribution is 2.25. The molecule has 0 spiro atoms. The van der Waals surface area contributed by atoms with Gasteiger partial charge in [-0.1, -0.05) is 23.7 Å². The molecular formula is C18H23ClN4O2. The topological polar surface area (TPSA) is 84.4 Å². The van der Waals surface area contributed by atoms with Gasteiger partial charge in [0.25, 0.3) is 0 Å². The van der Waals surface area contributed by atoms with Crippen molar-refractivity contribution in [3.63, 3.8) is 0 Å². The molecule has 1 unspecified atom stereocenters. The Bertz CT molecular complexity index is 719. The fourth-order valence-corrected chi connectivity index (χ4v) is 3.29. The Labute approximate surface area is 152 Å². The number of oxazole rings is 1. The number of carbonyl (C=O) groups is 1. The number of carbonyl (C=O) groups excluding carboxylic acids is 1. The number of nitrogens with zero attached hydrogens (tertiary/aromatic N) is 2. The summed E-state index contributed by atoms with van der Waals surface area (Å²) in [6.07, 6.45) is 3.62. The van der Waals surface area contributed by atoms with Crippen molar-refractivity contribution in [3.8, 4) is 11.3 Å². The van der Waals surface area contributed by atoms with Crippen LogP contribution in [-0.4, -0.2) is 42.0 Å². The van der Waals surface area contributed by atoms with Gasteiger partial charge in [0.05, 0.1) is 18.7 Å². The van der Waals surface area contributed by atoms with Gasteiger partial charge in [-0.25, -0.2) is 4.98 Å². The van der Waals surface area contributed by atoms with Crippen LogP contribution in [0.25, 0.3) is 11.3 Å². The van der Waals surface area contributed by atoms with Crippen LogP contribution in [0.15, 0.2) is 34.9 Å². The highest BCUT2D eigenvalue weighted by Gasteiger charge is 2.26. The predicted molar refractivity (Wildman–Crippen MR) is 97.0 cm³/mol. The molecule has 1 aromatic carbocycles. The minimum absolute atomic E-state index is 0.00247.